The van der Waals surface area contributed by atoms with Crippen LogP contribution < -0.4 is 5.32 Å². The SMILES string of the molecule is CC(NC(=O)c1ccc(F)cc1Br)c1ccc(F)c(F)c1. The Kier molecular flexibility index (Phi) is 4.67. The predicted octanol–water partition coefficient (Wildman–Crippen LogP) is 4.36. The minimum atomic E-state index is -0.975. The van der Waals surface area contributed by atoms with E-state index in [0.717, 1.165) is 12.1 Å². The van der Waals surface area contributed by atoms with E-state index >= 15 is 0 Å². The fourth-order valence-corrected chi connectivity index (χ4v) is 2.34. The Balaban J connectivity index is 2.16. The van der Waals surface area contributed by atoms with E-state index in [0.29, 0.717) is 10.0 Å². The smallest absolute Gasteiger partial charge is 0.252 e. The van der Waals surface area contributed by atoms with Crippen LogP contribution in [0.2, 0.25) is 0 Å². The predicted molar refractivity (Wildman–Crippen MR) is 76.3 cm³/mol. The third kappa shape index (κ3) is 3.64. The number of nitrogens with one attached hydrogen (secondary N) is 1. The van der Waals surface area contributed by atoms with E-state index in [-0.39, 0.29) is 5.56 Å². The third-order valence-corrected chi connectivity index (χ3v) is 3.62. The summed E-state index contributed by atoms with van der Waals surface area (Å²) in [5, 5.41) is 2.64. The van der Waals surface area contributed by atoms with Crippen LogP contribution in [0.4, 0.5) is 13.2 Å². The molecule has 0 bridgehead atoms. The van der Waals surface area contributed by atoms with Crippen LogP contribution in [0.3, 0.4) is 0 Å². The van der Waals surface area contributed by atoms with Crippen molar-refractivity contribution in [3.8, 4) is 0 Å². The molecule has 0 aliphatic heterocycles. The van der Waals surface area contributed by atoms with E-state index in [9.17, 15) is 18.0 Å². The zero-order chi connectivity index (χ0) is 15.6. The molecule has 1 amide bonds. The van der Waals surface area contributed by atoms with E-state index in [1.165, 1.54) is 24.3 Å². The van der Waals surface area contributed by atoms with Crippen LogP contribution in [-0.2, 0) is 0 Å². The van der Waals surface area contributed by atoms with Gasteiger partial charge in [-0.1, -0.05) is 6.07 Å². The Bertz CT molecular complexity index is 691. The zero-order valence-electron chi connectivity index (χ0n) is 11.0. The second kappa shape index (κ2) is 6.30. The Hall–Kier alpha value is -1.82. The first-order chi connectivity index (χ1) is 9.88. The Morgan fingerprint density at radius 3 is 2.43 bits per heavy atom. The highest BCUT2D eigenvalue weighted by molar-refractivity contribution is 9.10. The number of benzene rings is 2. The summed E-state index contributed by atoms with van der Waals surface area (Å²) in [7, 11) is 0. The monoisotopic (exact) mass is 357 g/mol. The molecule has 2 rings (SSSR count). The first-order valence-corrected chi connectivity index (χ1v) is 6.88. The lowest BCUT2D eigenvalue weighted by Crippen LogP contribution is -2.27. The van der Waals surface area contributed by atoms with E-state index < -0.39 is 29.4 Å². The maximum absolute atomic E-state index is 13.2. The highest BCUT2D eigenvalue weighted by Gasteiger charge is 2.15. The fourth-order valence-electron chi connectivity index (χ4n) is 1.81. The molecule has 1 N–H and O–H groups in total. The molecule has 0 radical (unpaired) electrons. The first-order valence-electron chi connectivity index (χ1n) is 6.09. The van der Waals surface area contributed by atoms with Crippen molar-refractivity contribution >= 4 is 21.8 Å². The summed E-state index contributed by atoms with van der Waals surface area (Å²) in [6.07, 6.45) is 0. The summed E-state index contributed by atoms with van der Waals surface area (Å²) >= 11 is 3.10. The number of halogens is 4. The highest BCUT2D eigenvalue weighted by Crippen LogP contribution is 2.20. The summed E-state index contributed by atoms with van der Waals surface area (Å²) in [5.41, 5.74) is 0.686. The van der Waals surface area contributed by atoms with Gasteiger partial charge in [-0.05, 0) is 58.7 Å². The molecule has 2 nitrogen and oxygen atoms in total. The lowest BCUT2D eigenvalue weighted by molar-refractivity contribution is 0.0939. The summed E-state index contributed by atoms with van der Waals surface area (Å²) < 4.78 is 39.3. The van der Waals surface area contributed by atoms with Crippen molar-refractivity contribution in [2.24, 2.45) is 0 Å². The van der Waals surface area contributed by atoms with Crippen molar-refractivity contribution < 1.29 is 18.0 Å². The van der Waals surface area contributed by atoms with Crippen molar-refractivity contribution in [1.82, 2.24) is 5.32 Å². The molecular weight excluding hydrogens is 347 g/mol. The molecule has 1 unspecified atom stereocenters. The molecule has 0 aliphatic rings. The van der Waals surface area contributed by atoms with Gasteiger partial charge in [-0.25, -0.2) is 13.2 Å². The van der Waals surface area contributed by atoms with Gasteiger partial charge in [0.2, 0.25) is 0 Å². The number of rotatable bonds is 3. The van der Waals surface area contributed by atoms with Crippen LogP contribution in [0.15, 0.2) is 40.9 Å². The lowest BCUT2D eigenvalue weighted by atomic mass is 10.1. The van der Waals surface area contributed by atoms with E-state index in [1.807, 2.05) is 0 Å². The third-order valence-electron chi connectivity index (χ3n) is 2.97. The molecule has 1 atom stereocenters. The largest absolute Gasteiger partial charge is 0.345 e. The normalized spacial score (nSPS) is 12.0. The maximum Gasteiger partial charge on any atom is 0.252 e. The Morgan fingerprint density at radius 1 is 1.10 bits per heavy atom. The average Bonchev–Trinajstić information content (AvgIpc) is 2.41. The summed E-state index contributed by atoms with van der Waals surface area (Å²) in [6, 6.07) is 6.58. The number of amides is 1. The topological polar surface area (TPSA) is 29.1 Å². The molecule has 110 valence electrons. The molecule has 0 saturated heterocycles. The molecule has 0 spiro atoms. The van der Waals surface area contributed by atoms with Crippen LogP contribution in [0.25, 0.3) is 0 Å². The van der Waals surface area contributed by atoms with Crippen LogP contribution >= 0.6 is 15.9 Å². The van der Waals surface area contributed by atoms with Gasteiger partial charge in [0, 0.05) is 4.47 Å². The van der Waals surface area contributed by atoms with Gasteiger partial charge in [0.25, 0.3) is 5.91 Å². The van der Waals surface area contributed by atoms with E-state index in [1.54, 1.807) is 6.92 Å². The number of carbonyl (C=O) groups excluding carboxylic acids is 1. The molecule has 6 heteroatoms. The van der Waals surface area contributed by atoms with Gasteiger partial charge in [-0.2, -0.15) is 0 Å². The Labute approximate surface area is 128 Å². The molecule has 21 heavy (non-hydrogen) atoms. The molecule has 0 heterocycles. The molecule has 0 fully saturated rings. The zero-order valence-corrected chi connectivity index (χ0v) is 12.5. The highest BCUT2D eigenvalue weighted by atomic mass is 79.9. The van der Waals surface area contributed by atoms with Crippen LogP contribution in [0.1, 0.15) is 28.9 Å². The van der Waals surface area contributed by atoms with Gasteiger partial charge in [0.15, 0.2) is 11.6 Å². The lowest BCUT2D eigenvalue weighted by Gasteiger charge is -2.15. The first kappa shape index (κ1) is 15.6. The minimum Gasteiger partial charge on any atom is -0.345 e. The molecule has 0 saturated carbocycles. The standard InChI is InChI=1S/C15H11BrF3NO/c1-8(9-2-5-13(18)14(19)6-9)20-15(21)11-4-3-10(17)7-12(11)16/h2-8H,1H3,(H,20,21). The van der Waals surface area contributed by atoms with Gasteiger partial charge in [0.1, 0.15) is 5.82 Å². The number of hydrogen-bond donors (Lipinski definition) is 1. The molecular formula is C15H11BrF3NO. The van der Waals surface area contributed by atoms with Crippen LogP contribution in [0.5, 0.6) is 0 Å². The van der Waals surface area contributed by atoms with Gasteiger partial charge in [-0.3, -0.25) is 4.79 Å². The van der Waals surface area contributed by atoms with Gasteiger partial charge in [0.05, 0.1) is 11.6 Å². The number of carbonyl (C=O) groups is 1. The van der Waals surface area contributed by atoms with E-state index in [4.69, 9.17) is 0 Å². The Morgan fingerprint density at radius 2 is 1.81 bits per heavy atom. The molecule has 2 aromatic carbocycles. The second-order valence-electron chi connectivity index (χ2n) is 4.49. The summed E-state index contributed by atoms with van der Waals surface area (Å²) in [6.45, 7) is 1.64. The summed E-state index contributed by atoms with van der Waals surface area (Å²) in [4.78, 5) is 12.1. The van der Waals surface area contributed by atoms with Crippen molar-refractivity contribution in [2.75, 3.05) is 0 Å². The minimum absolute atomic E-state index is 0.255. The summed E-state index contributed by atoms with van der Waals surface area (Å²) in [5.74, 6) is -2.83. The van der Waals surface area contributed by atoms with Gasteiger partial charge in [-0.15, -0.1) is 0 Å². The maximum atomic E-state index is 13.2. The fraction of sp³-hybridized carbons (Fsp3) is 0.133. The van der Waals surface area contributed by atoms with Gasteiger partial charge < -0.3 is 5.32 Å². The second-order valence-corrected chi connectivity index (χ2v) is 5.35. The van der Waals surface area contributed by atoms with Crippen LogP contribution in [-0.4, -0.2) is 5.91 Å². The molecule has 0 aliphatic carbocycles. The quantitative estimate of drug-likeness (QED) is 0.868. The average molecular weight is 358 g/mol. The van der Waals surface area contributed by atoms with Crippen molar-refractivity contribution in [3.05, 3.63) is 69.4 Å². The van der Waals surface area contributed by atoms with Crippen LogP contribution in [0, 0.1) is 17.5 Å². The molecule has 2 aromatic rings. The van der Waals surface area contributed by atoms with Crippen molar-refractivity contribution in [1.29, 1.82) is 0 Å². The molecule has 0 aromatic heterocycles. The van der Waals surface area contributed by atoms with Crippen molar-refractivity contribution in [2.45, 2.75) is 13.0 Å². The number of hydrogen-bond acceptors (Lipinski definition) is 1. The van der Waals surface area contributed by atoms with Gasteiger partial charge >= 0.3 is 0 Å². The van der Waals surface area contributed by atoms with E-state index in [2.05, 4.69) is 21.2 Å². The van der Waals surface area contributed by atoms with Crippen molar-refractivity contribution in [3.63, 3.8) is 0 Å².